The van der Waals surface area contributed by atoms with Crippen molar-refractivity contribution < 1.29 is 19.1 Å². The highest BCUT2D eigenvalue weighted by Gasteiger charge is 2.26. The smallest absolute Gasteiger partial charge is 0.348 e. The van der Waals surface area contributed by atoms with E-state index >= 15 is 0 Å². The van der Waals surface area contributed by atoms with Gasteiger partial charge in [0.15, 0.2) is 6.61 Å². The van der Waals surface area contributed by atoms with Gasteiger partial charge in [0.25, 0.3) is 11.8 Å². The second kappa shape index (κ2) is 6.51. The maximum atomic E-state index is 12.0. The molecule has 1 aliphatic rings. The number of aryl methyl sites for hydroxylation is 1. The van der Waals surface area contributed by atoms with E-state index in [0.29, 0.717) is 15.4 Å². The molecule has 0 unspecified atom stereocenters. The van der Waals surface area contributed by atoms with E-state index in [2.05, 4.69) is 5.32 Å². The van der Waals surface area contributed by atoms with Crippen molar-refractivity contribution in [2.45, 2.75) is 19.3 Å². The normalized spacial score (nSPS) is 12.7. The van der Waals surface area contributed by atoms with Crippen molar-refractivity contribution in [3.05, 3.63) is 38.4 Å². The van der Waals surface area contributed by atoms with Crippen molar-refractivity contribution in [1.82, 2.24) is 0 Å². The molecular weight excluding hydrogens is 336 g/mol. The van der Waals surface area contributed by atoms with Gasteiger partial charge in [0.05, 0.1) is 5.56 Å². The molecule has 2 aromatic heterocycles. The fraction of sp³-hybridized carbons (Fsp3) is 0.267. The molecule has 120 valence electrons. The molecule has 1 aliphatic carbocycles. The minimum absolute atomic E-state index is 0.389. The monoisotopic (exact) mass is 350 g/mol. The summed E-state index contributed by atoms with van der Waals surface area (Å²) < 4.78 is 4.95. The zero-order valence-corrected chi connectivity index (χ0v) is 13.7. The van der Waals surface area contributed by atoms with Crippen molar-refractivity contribution >= 4 is 45.5 Å². The fourth-order valence-electron chi connectivity index (χ4n) is 2.51. The molecule has 0 atom stereocenters. The van der Waals surface area contributed by atoms with Crippen LogP contribution < -0.4 is 11.1 Å². The maximum Gasteiger partial charge on any atom is 0.348 e. The van der Waals surface area contributed by atoms with E-state index in [9.17, 15) is 14.4 Å². The number of amides is 2. The van der Waals surface area contributed by atoms with E-state index in [-0.39, 0.29) is 0 Å². The summed E-state index contributed by atoms with van der Waals surface area (Å²) in [5.74, 6) is -1.58. The van der Waals surface area contributed by atoms with Gasteiger partial charge in [-0.1, -0.05) is 6.07 Å². The molecule has 0 radical (unpaired) electrons. The van der Waals surface area contributed by atoms with E-state index in [1.54, 1.807) is 17.5 Å². The van der Waals surface area contributed by atoms with E-state index in [1.807, 2.05) is 0 Å². The molecule has 0 aliphatic heterocycles. The number of esters is 1. The molecule has 0 saturated carbocycles. The maximum absolute atomic E-state index is 12.0. The summed E-state index contributed by atoms with van der Waals surface area (Å²) in [6.07, 6.45) is 2.69. The number of carbonyl (C=O) groups is 3. The summed E-state index contributed by atoms with van der Waals surface area (Å²) in [6, 6.07) is 3.35. The average molecular weight is 350 g/mol. The lowest BCUT2D eigenvalue weighted by molar-refractivity contribution is -0.119. The van der Waals surface area contributed by atoms with E-state index in [1.165, 1.54) is 22.7 Å². The number of hydrogen-bond donors (Lipinski definition) is 2. The van der Waals surface area contributed by atoms with Crippen molar-refractivity contribution in [3.63, 3.8) is 0 Å². The third-order valence-electron chi connectivity index (χ3n) is 3.48. The van der Waals surface area contributed by atoms with Crippen LogP contribution in [0.25, 0.3) is 0 Å². The standard InChI is InChI=1S/C15H14N2O4S2/c16-13(19)12-8-3-1-4-9(8)23-14(12)17-11(18)7-21-15(20)10-5-2-6-22-10/h2,5-6H,1,3-4,7H2,(H2,16,19)(H,17,18). The topological polar surface area (TPSA) is 98.5 Å². The zero-order chi connectivity index (χ0) is 16.4. The van der Waals surface area contributed by atoms with Crippen LogP contribution in [0, 0.1) is 0 Å². The van der Waals surface area contributed by atoms with Gasteiger partial charge in [-0.15, -0.1) is 22.7 Å². The Balaban J connectivity index is 1.64. The minimum Gasteiger partial charge on any atom is -0.451 e. The number of nitrogens with one attached hydrogen (secondary N) is 1. The van der Waals surface area contributed by atoms with Gasteiger partial charge in [-0.2, -0.15) is 0 Å². The number of primary amides is 1. The number of nitrogens with two attached hydrogens (primary N) is 1. The molecule has 3 N–H and O–H groups in total. The first-order chi connectivity index (χ1) is 11.1. The minimum atomic E-state index is -0.546. The van der Waals surface area contributed by atoms with Gasteiger partial charge < -0.3 is 15.8 Å². The first-order valence-electron chi connectivity index (χ1n) is 7.01. The molecule has 2 amide bonds. The number of ether oxygens (including phenoxy) is 1. The van der Waals surface area contributed by atoms with E-state index in [0.717, 1.165) is 29.7 Å². The van der Waals surface area contributed by atoms with Crippen LogP contribution in [0.3, 0.4) is 0 Å². The zero-order valence-electron chi connectivity index (χ0n) is 12.1. The highest BCUT2D eigenvalue weighted by atomic mass is 32.1. The molecule has 23 heavy (non-hydrogen) atoms. The van der Waals surface area contributed by atoms with Gasteiger partial charge in [-0.3, -0.25) is 9.59 Å². The van der Waals surface area contributed by atoms with Crippen molar-refractivity contribution in [1.29, 1.82) is 0 Å². The number of rotatable bonds is 5. The van der Waals surface area contributed by atoms with Gasteiger partial charge >= 0.3 is 5.97 Å². The summed E-state index contributed by atoms with van der Waals surface area (Å²) in [5, 5.41) is 4.82. The van der Waals surface area contributed by atoms with Crippen LogP contribution in [0.15, 0.2) is 17.5 Å². The predicted octanol–water partition coefficient (Wildman–Crippen LogP) is 2.19. The third kappa shape index (κ3) is 3.27. The van der Waals surface area contributed by atoms with Crippen LogP contribution in [0.1, 0.15) is 36.9 Å². The number of fused-ring (bicyclic) bond motifs is 1. The Morgan fingerprint density at radius 3 is 2.83 bits per heavy atom. The summed E-state index contributed by atoms with van der Waals surface area (Å²) in [6.45, 7) is -0.405. The first kappa shape index (κ1) is 15.7. The molecule has 6 nitrogen and oxygen atoms in total. The molecule has 8 heteroatoms. The average Bonchev–Trinajstić information content (AvgIpc) is 3.20. The van der Waals surface area contributed by atoms with Crippen LogP contribution in [0.5, 0.6) is 0 Å². The molecule has 0 fully saturated rings. The predicted molar refractivity (Wildman–Crippen MR) is 88.1 cm³/mol. The van der Waals surface area contributed by atoms with Crippen LogP contribution in [0.4, 0.5) is 5.00 Å². The lowest BCUT2D eigenvalue weighted by Crippen LogP contribution is -2.22. The highest BCUT2D eigenvalue weighted by molar-refractivity contribution is 7.17. The lowest BCUT2D eigenvalue weighted by atomic mass is 10.1. The Bertz CT molecular complexity index is 765. The molecule has 0 spiro atoms. The van der Waals surface area contributed by atoms with Crippen molar-refractivity contribution in [3.8, 4) is 0 Å². The van der Waals surface area contributed by atoms with Crippen LogP contribution in [-0.2, 0) is 22.4 Å². The molecule has 0 bridgehead atoms. The molecule has 0 saturated heterocycles. The Kier molecular flexibility index (Phi) is 4.44. The second-order valence-corrected chi connectivity index (χ2v) is 7.08. The molecule has 3 rings (SSSR count). The van der Waals surface area contributed by atoms with E-state index in [4.69, 9.17) is 10.5 Å². The Labute approximate surface area is 140 Å². The van der Waals surface area contributed by atoms with Gasteiger partial charge in [0.2, 0.25) is 0 Å². The van der Waals surface area contributed by atoms with Gasteiger partial charge in [0.1, 0.15) is 9.88 Å². The number of thiophene rings is 2. The van der Waals surface area contributed by atoms with E-state index < -0.39 is 24.4 Å². The summed E-state index contributed by atoms with van der Waals surface area (Å²) in [4.78, 5) is 36.8. The molecule has 0 aromatic carbocycles. The quantitative estimate of drug-likeness (QED) is 0.808. The van der Waals surface area contributed by atoms with Gasteiger partial charge in [-0.05, 0) is 36.3 Å². The fourth-order valence-corrected chi connectivity index (χ4v) is 4.44. The molecule has 2 heterocycles. The van der Waals surface area contributed by atoms with Crippen LogP contribution >= 0.6 is 22.7 Å². The van der Waals surface area contributed by atoms with Crippen LogP contribution in [-0.4, -0.2) is 24.4 Å². The summed E-state index contributed by atoms with van der Waals surface area (Å²) in [7, 11) is 0. The lowest BCUT2D eigenvalue weighted by Gasteiger charge is -2.06. The Morgan fingerprint density at radius 1 is 1.30 bits per heavy atom. The van der Waals surface area contributed by atoms with Gasteiger partial charge in [0, 0.05) is 4.88 Å². The summed E-state index contributed by atoms with van der Waals surface area (Å²) >= 11 is 2.61. The van der Waals surface area contributed by atoms with Crippen molar-refractivity contribution in [2.24, 2.45) is 5.73 Å². The van der Waals surface area contributed by atoms with Crippen LogP contribution in [0.2, 0.25) is 0 Å². The second-order valence-electron chi connectivity index (χ2n) is 5.03. The van der Waals surface area contributed by atoms with Gasteiger partial charge in [-0.25, -0.2) is 4.79 Å². The molecule has 2 aromatic rings. The number of hydrogen-bond acceptors (Lipinski definition) is 6. The number of carbonyl (C=O) groups excluding carboxylic acids is 3. The first-order valence-corrected chi connectivity index (χ1v) is 8.70. The largest absolute Gasteiger partial charge is 0.451 e. The molecular formula is C15H14N2O4S2. The number of anilines is 1. The highest BCUT2D eigenvalue weighted by Crippen LogP contribution is 2.38. The third-order valence-corrected chi connectivity index (χ3v) is 5.53. The SMILES string of the molecule is NC(=O)c1c(NC(=O)COC(=O)c2cccs2)sc2c1CCC2. The Morgan fingerprint density at radius 2 is 2.13 bits per heavy atom. The van der Waals surface area contributed by atoms with Crippen molar-refractivity contribution in [2.75, 3.05) is 11.9 Å². The summed E-state index contributed by atoms with van der Waals surface area (Å²) in [5.41, 5.74) is 6.75. The Hall–Kier alpha value is -2.19.